The predicted octanol–water partition coefficient (Wildman–Crippen LogP) is 2.65. The molecule has 0 fully saturated rings. The second-order valence-corrected chi connectivity index (χ2v) is 13.5. The van der Waals surface area contributed by atoms with Crippen LogP contribution in [0.15, 0.2) is 35.3 Å². The molecule has 3 amide bonds. The lowest BCUT2D eigenvalue weighted by atomic mass is 9.95. The van der Waals surface area contributed by atoms with Gasteiger partial charge in [0.05, 0.1) is 30.1 Å². The number of benzene rings is 1. The molecule has 3 rings (SSSR count). The van der Waals surface area contributed by atoms with Crippen LogP contribution >= 0.6 is 21.6 Å². The highest BCUT2D eigenvalue weighted by Crippen LogP contribution is 2.23. The van der Waals surface area contributed by atoms with E-state index in [2.05, 4.69) is 41.2 Å². The van der Waals surface area contributed by atoms with Crippen molar-refractivity contribution >= 4 is 68.4 Å². The summed E-state index contributed by atoms with van der Waals surface area (Å²) in [4.78, 5) is 89.2. The molecular formula is C32H42N8O7S2. The Balaban J connectivity index is 1.45. The van der Waals surface area contributed by atoms with E-state index in [0.717, 1.165) is 17.9 Å². The van der Waals surface area contributed by atoms with Gasteiger partial charge in [0.1, 0.15) is 11.6 Å². The fourth-order valence-electron chi connectivity index (χ4n) is 4.51. The van der Waals surface area contributed by atoms with E-state index in [1.54, 1.807) is 55.1 Å². The number of ether oxygens (including phenoxy) is 1. The van der Waals surface area contributed by atoms with E-state index in [9.17, 15) is 28.8 Å². The SMILES string of the molecule is CCCSSC[C@H](NC(=O)[C@@H](CC(=O)CCCNC(=O)c1ccc(NCc2cnc3nc(C)[nH]c(=O)c3n2)cc1)CC(=O)NCC)OC=O. The number of fused-ring (bicyclic) bond motifs is 1. The van der Waals surface area contributed by atoms with E-state index < -0.39 is 18.1 Å². The maximum absolute atomic E-state index is 13.0. The number of nitrogens with zero attached hydrogens (tertiary/aromatic N) is 3. The second-order valence-electron chi connectivity index (χ2n) is 10.9. The number of hydrogen-bond donors (Lipinski definition) is 5. The number of H-pyrrole nitrogens is 1. The monoisotopic (exact) mass is 714 g/mol. The van der Waals surface area contributed by atoms with Crippen molar-refractivity contribution in [1.82, 2.24) is 35.9 Å². The number of amides is 3. The molecule has 264 valence electrons. The van der Waals surface area contributed by atoms with Crippen LogP contribution in [0.4, 0.5) is 5.69 Å². The van der Waals surface area contributed by atoms with Crippen LogP contribution in [-0.2, 0) is 30.5 Å². The van der Waals surface area contributed by atoms with Gasteiger partial charge in [-0.05, 0) is 51.0 Å². The largest absolute Gasteiger partial charge is 0.443 e. The minimum absolute atomic E-state index is 0.0965. The van der Waals surface area contributed by atoms with Crippen molar-refractivity contribution in [2.24, 2.45) is 5.92 Å². The first-order valence-electron chi connectivity index (χ1n) is 15.9. The Morgan fingerprint density at radius 2 is 1.82 bits per heavy atom. The van der Waals surface area contributed by atoms with Crippen molar-refractivity contribution in [2.45, 2.75) is 65.6 Å². The summed E-state index contributed by atoms with van der Waals surface area (Å²) < 4.78 is 5.00. The molecule has 0 unspecified atom stereocenters. The quantitative estimate of drug-likeness (QED) is 0.0439. The van der Waals surface area contributed by atoms with Gasteiger partial charge in [0.15, 0.2) is 17.4 Å². The molecule has 0 aliphatic rings. The van der Waals surface area contributed by atoms with Crippen LogP contribution in [-0.4, -0.2) is 80.7 Å². The summed E-state index contributed by atoms with van der Waals surface area (Å²) in [6.07, 6.45) is 1.70. The molecule has 2 heterocycles. The average molecular weight is 715 g/mol. The summed E-state index contributed by atoms with van der Waals surface area (Å²) in [6, 6.07) is 6.77. The number of hydrogen-bond acceptors (Lipinski definition) is 13. The lowest BCUT2D eigenvalue weighted by Crippen LogP contribution is -2.43. The number of aromatic nitrogens is 4. The van der Waals surface area contributed by atoms with Crippen LogP contribution in [0.5, 0.6) is 0 Å². The van der Waals surface area contributed by atoms with Gasteiger partial charge in [-0.25, -0.2) is 15.0 Å². The van der Waals surface area contributed by atoms with Crippen LogP contribution in [0.3, 0.4) is 0 Å². The molecular weight excluding hydrogens is 673 g/mol. The number of Topliss-reactive ketones (excluding diaryl/α,β-unsaturated/α-hetero) is 1. The zero-order valence-electron chi connectivity index (χ0n) is 27.7. The number of rotatable bonds is 22. The average Bonchev–Trinajstić information content (AvgIpc) is 3.07. The minimum Gasteiger partial charge on any atom is -0.443 e. The molecule has 5 N–H and O–H groups in total. The Bertz CT molecular complexity index is 1640. The number of nitrogens with one attached hydrogen (secondary N) is 5. The first-order valence-corrected chi connectivity index (χ1v) is 18.4. The molecule has 17 heteroatoms. The molecule has 0 saturated carbocycles. The summed E-state index contributed by atoms with van der Waals surface area (Å²) in [6.45, 7) is 6.63. The van der Waals surface area contributed by atoms with Crippen molar-refractivity contribution in [1.29, 1.82) is 0 Å². The molecule has 0 spiro atoms. The van der Waals surface area contributed by atoms with E-state index in [0.29, 0.717) is 42.3 Å². The molecule has 2 atom stereocenters. The van der Waals surface area contributed by atoms with Gasteiger partial charge in [-0.15, -0.1) is 0 Å². The first kappa shape index (κ1) is 38.9. The molecule has 1 aromatic carbocycles. The Labute approximate surface area is 291 Å². The fraction of sp³-hybridized carbons (Fsp3) is 0.469. The normalized spacial score (nSPS) is 12.1. The van der Waals surface area contributed by atoms with E-state index in [1.165, 1.54) is 10.8 Å². The molecule has 0 saturated heterocycles. The van der Waals surface area contributed by atoms with Crippen LogP contribution in [0.25, 0.3) is 11.2 Å². The van der Waals surface area contributed by atoms with Crippen LogP contribution in [0.1, 0.15) is 67.8 Å². The van der Waals surface area contributed by atoms with Crippen LogP contribution in [0, 0.1) is 12.8 Å². The first-order chi connectivity index (χ1) is 23.6. The van der Waals surface area contributed by atoms with E-state index in [-0.39, 0.29) is 66.6 Å². The molecule has 2 aromatic heterocycles. The van der Waals surface area contributed by atoms with Crippen molar-refractivity contribution in [3.05, 3.63) is 57.9 Å². The molecule has 0 aliphatic carbocycles. The number of ketones is 1. The lowest BCUT2D eigenvalue weighted by Gasteiger charge is -2.21. The predicted molar refractivity (Wildman–Crippen MR) is 189 cm³/mol. The Morgan fingerprint density at radius 3 is 2.53 bits per heavy atom. The maximum Gasteiger partial charge on any atom is 0.295 e. The molecule has 3 aromatic rings. The van der Waals surface area contributed by atoms with Gasteiger partial charge >= 0.3 is 0 Å². The highest BCUT2D eigenvalue weighted by Gasteiger charge is 2.27. The van der Waals surface area contributed by atoms with Crippen LogP contribution < -0.4 is 26.8 Å². The topological polar surface area (TPSA) is 214 Å². The van der Waals surface area contributed by atoms with E-state index in [4.69, 9.17) is 4.74 Å². The van der Waals surface area contributed by atoms with Gasteiger partial charge in [-0.1, -0.05) is 28.5 Å². The lowest BCUT2D eigenvalue weighted by molar-refractivity contribution is -0.141. The van der Waals surface area contributed by atoms with Crippen molar-refractivity contribution < 1.29 is 28.7 Å². The Hall–Kier alpha value is -4.51. The van der Waals surface area contributed by atoms with Crippen molar-refractivity contribution in [3.8, 4) is 0 Å². The highest BCUT2D eigenvalue weighted by molar-refractivity contribution is 8.76. The summed E-state index contributed by atoms with van der Waals surface area (Å²) in [5.74, 6) is -0.726. The molecule has 0 bridgehead atoms. The second kappa shape index (κ2) is 20.8. The number of anilines is 1. The molecule has 0 radical (unpaired) electrons. The summed E-state index contributed by atoms with van der Waals surface area (Å²) >= 11 is 0. The number of aromatic amines is 1. The minimum atomic E-state index is -0.941. The molecule has 0 aliphatic heterocycles. The van der Waals surface area contributed by atoms with E-state index >= 15 is 0 Å². The Kier molecular flexibility index (Phi) is 16.5. The smallest absolute Gasteiger partial charge is 0.295 e. The van der Waals surface area contributed by atoms with Gasteiger partial charge in [-0.2, -0.15) is 0 Å². The highest BCUT2D eigenvalue weighted by atomic mass is 33.1. The van der Waals surface area contributed by atoms with Gasteiger partial charge in [0.25, 0.3) is 17.9 Å². The number of aryl methyl sites for hydroxylation is 1. The van der Waals surface area contributed by atoms with Gasteiger partial charge < -0.3 is 31.0 Å². The number of carbonyl (C=O) groups excluding carboxylic acids is 5. The van der Waals surface area contributed by atoms with Crippen LogP contribution in [0.2, 0.25) is 0 Å². The zero-order valence-corrected chi connectivity index (χ0v) is 29.3. The maximum atomic E-state index is 13.0. The van der Waals surface area contributed by atoms with Gasteiger partial charge in [0, 0.05) is 49.4 Å². The standard InChI is InChI=1S/C32H42N8O7S2/c1-4-13-48-49-18-27(47-19-41)40-31(45)22(15-26(43)33-5-2)14-25(42)7-6-12-34-30(44)21-8-10-23(11-9-21)35-16-24-17-36-29-28(39-24)32(46)38-20(3)37-29/h8-11,17,19,22,27,35H,4-7,12-16,18H2,1-3H3,(H,33,43)(H,34,44)(H,40,45)(H,36,37,38,46)/t22-,27+/m0/s1. The number of carbonyl (C=O) groups is 5. The van der Waals surface area contributed by atoms with Gasteiger partial charge in [-0.3, -0.25) is 28.8 Å². The van der Waals surface area contributed by atoms with Gasteiger partial charge in [0.2, 0.25) is 11.8 Å². The summed E-state index contributed by atoms with van der Waals surface area (Å²) in [7, 11) is 3.04. The van der Waals surface area contributed by atoms with Crippen molar-refractivity contribution in [3.63, 3.8) is 0 Å². The summed E-state index contributed by atoms with van der Waals surface area (Å²) in [5, 5.41) is 11.2. The van der Waals surface area contributed by atoms with E-state index in [1.807, 2.05) is 6.92 Å². The zero-order chi connectivity index (χ0) is 35.6. The molecule has 15 nitrogen and oxygen atoms in total. The molecule has 49 heavy (non-hydrogen) atoms. The third-order valence-corrected chi connectivity index (χ3v) is 9.48. The summed E-state index contributed by atoms with van der Waals surface area (Å²) in [5.41, 5.74) is 1.77. The third-order valence-electron chi connectivity index (χ3n) is 6.89. The fourth-order valence-corrected chi connectivity index (χ4v) is 6.69. The van der Waals surface area contributed by atoms with Crippen molar-refractivity contribution in [2.75, 3.05) is 29.9 Å². The Morgan fingerprint density at radius 1 is 1.04 bits per heavy atom. The third kappa shape index (κ3) is 13.5.